The third-order valence-corrected chi connectivity index (χ3v) is 4.01. The minimum atomic E-state index is -4.07. The smallest absolute Gasteiger partial charge is 0.271 e. The number of sulfonamides is 1. The predicted molar refractivity (Wildman–Crippen MR) is 86.7 cm³/mol. The molecular formula is C14H13FN4O4S. The highest BCUT2D eigenvalue weighted by atomic mass is 32.2. The van der Waals surface area contributed by atoms with E-state index in [0.717, 1.165) is 18.2 Å². The molecule has 2 rings (SSSR count). The van der Waals surface area contributed by atoms with Crippen LogP contribution < -0.4 is 10.6 Å². The molecule has 0 fully saturated rings. The Hall–Kier alpha value is -2.85. The highest BCUT2D eigenvalue weighted by Crippen LogP contribution is 2.27. The van der Waals surface area contributed by atoms with Gasteiger partial charge in [0.25, 0.3) is 5.69 Å². The summed E-state index contributed by atoms with van der Waals surface area (Å²) < 4.78 is 36.2. The van der Waals surface area contributed by atoms with Crippen molar-refractivity contribution in [3.63, 3.8) is 0 Å². The Balaban J connectivity index is 2.38. The van der Waals surface area contributed by atoms with Gasteiger partial charge in [0, 0.05) is 11.6 Å². The van der Waals surface area contributed by atoms with Gasteiger partial charge in [-0.15, -0.1) is 0 Å². The molecule has 0 heterocycles. The van der Waals surface area contributed by atoms with Gasteiger partial charge in [0.05, 0.1) is 15.5 Å². The maximum Gasteiger partial charge on any atom is 0.295 e. The van der Waals surface area contributed by atoms with Crippen molar-refractivity contribution in [2.45, 2.75) is 11.8 Å². The maximum absolute atomic E-state index is 13.7. The van der Waals surface area contributed by atoms with E-state index in [2.05, 4.69) is 10.5 Å². The van der Waals surface area contributed by atoms with Crippen LogP contribution in [-0.2, 0) is 10.0 Å². The molecule has 8 nitrogen and oxygen atoms in total. The lowest BCUT2D eigenvalue weighted by Crippen LogP contribution is -2.12. The third-order valence-electron chi connectivity index (χ3n) is 3.10. The van der Waals surface area contributed by atoms with E-state index in [1.54, 1.807) is 6.07 Å². The van der Waals surface area contributed by atoms with Crippen LogP contribution in [0.15, 0.2) is 52.5 Å². The molecule has 126 valence electrons. The van der Waals surface area contributed by atoms with Crippen LogP contribution in [0.4, 0.5) is 15.8 Å². The fraction of sp³-hybridized carbons (Fsp3) is 0.0714. The van der Waals surface area contributed by atoms with Crippen LogP contribution in [0.25, 0.3) is 0 Å². The summed E-state index contributed by atoms with van der Waals surface area (Å²) in [5.74, 6) is -0.486. The van der Waals surface area contributed by atoms with Crippen molar-refractivity contribution >= 4 is 27.1 Å². The Morgan fingerprint density at radius 1 is 1.29 bits per heavy atom. The summed E-state index contributed by atoms with van der Waals surface area (Å²) in [5.41, 5.74) is 2.36. The van der Waals surface area contributed by atoms with E-state index >= 15 is 0 Å². The van der Waals surface area contributed by atoms with Gasteiger partial charge >= 0.3 is 0 Å². The summed E-state index contributed by atoms with van der Waals surface area (Å²) in [6.45, 7) is 1.52. The lowest BCUT2D eigenvalue weighted by atomic mass is 10.1. The quantitative estimate of drug-likeness (QED) is 0.484. The van der Waals surface area contributed by atoms with Crippen molar-refractivity contribution in [1.29, 1.82) is 0 Å². The minimum Gasteiger partial charge on any atom is -0.271 e. The topological polar surface area (TPSA) is 128 Å². The molecule has 24 heavy (non-hydrogen) atoms. The average molecular weight is 352 g/mol. The van der Waals surface area contributed by atoms with Crippen molar-refractivity contribution in [1.82, 2.24) is 0 Å². The van der Waals surface area contributed by atoms with Crippen LogP contribution in [0, 0.1) is 15.9 Å². The molecule has 0 radical (unpaired) electrons. The van der Waals surface area contributed by atoms with E-state index < -0.39 is 31.3 Å². The molecule has 0 bridgehead atoms. The van der Waals surface area contributed by atoms with Crippen LogP contribution in [0.1, 0.15) is 12.5 Å². The number of nitrogens with two attached hydrogens (primary N) is 1. The van der Waals surface area contributed by atoms with Gasteiger partial charge in [-0.2, -0.15) is 5.10 Å². The zero-order valence-corrected chi connectivity index (χ0v) is 13.2. The van der Waals surface area contributed by atoms with Crippen molar-refractivity contribution in [3.05, 3.63) is 64.0 Å². The van der Waals surface area contributed by atoms with E-state index in [0.29, 0.717) is 0 Å². The van der Waals surface area contributed by atoms with Crippen molar-refractivity contribution < 1.29 is 17.7 Å². The molecule has 3 N–H and O–H groups in total. The van der Waals surface area contributed by atoms with Gasteiger partial charge in [0.1, 0.15) is 11.5 Å². The number of rotatable bonds is 5. The summed E-state index contributed by atoms with van der Waals surface area (Å²) in [7, 11) is -4.07. The second kappa shape index (κ2) is 6.72. The fourth-order valence-corrected chi connectivity index (χ4v) is 2.43. The van der Waals surface area contributed by atoms with E-state index in [1.165, 1.54) is 25.1 Å². The van der Waals surface area contributed by atoms with Gasteiger partial charge in [-0.3, -0.25) is 15.5 Å². The van der Waals surface area contributed by atoms with Crippen LogP contribution >= 0.6 is 0 Å². The Morgan fingerprint density at radius 2 is 1.96 bits per heavy atom. The maximum atomic E-state index is 13.7. The molecule has 0 atom stereocenters. The van der Waals surface area contributed by atoms with Gasteiger partial charge in [-0.05, 0) is 25.1 Å². The summed E-state index contributed by atoms with van der Waals surface area (Å²) in [6, 6.07) is 9.02. The Labute approximate surface area is 137 Å². The fourth-order valence-electron chi connectivity index (χ4n) is 1.89. The number of hydrogen-bond donors (Lipinski definition) is 2. The highest BCUT2D eigenvalue weighted by Gasteiger charge is 2.19. The number of nitro benzene ring substituents is 1. The van der Waals surface area contributed by atoms with E-state index in [4.69, 9.17) is 5.14 Å². The van der Waals surface area contributed by atoms with Gasteiger partial charge < -0.3 is 0 Å². The first-order valence-corrected chi connectivity index (χ1v) is 8.11. The lowest BCUT2D eigenvalue weighted by molar-refractivity contribution is -0.384. The molecule has 0 aliphatic heterocycles. The van der Waals surface area contributed by atoms with E-state index in [1.807, 2.05) is 0 Å². The molecule has 0 aromatic heterocycles. The Kier molecular flexibility index (Phi) is 4.90. The molecule has 0 amide bonds. The number of primary sulfonamides is 1. The molecule has 0 saturated carbocycles. The molecule has 0 saturated heterocycles. The van der Waals surface area contributed by atoms with Gasteiger partial charge in [0.2, 0.25) is 10.0 Å². The SMILES string of the molecule is CC(=NNc1ccc(S(N)(=O)=O)cc1[N+](=O)[O-])c1ccccc1F. The summed E-state index contributed by atoms with van der Waals surface area (Å²) >= 11 is 0. The first kappa shape index (κ1) is 17.5. The van der Waals surface area contributed by atoms with Gasteiger partial charge in [-0.1, -0.05) is 18.2 Å². The summed E-state index contributed by atoms with van der Waals surface area (Å²) in [5, 5.41) is 19.9. The number of nitrogens with zero attached hydrogens (tertiary/aromatic N) is 2. The van der Waals surface area contributed by atoms with Crippen molar-refractivity contribution in [3.8, 4) is 0 Å². The monoisotopic (exact) mass is 352 g/mol. The molecule has 2 aromatic rings. The molecule has 10 heteroatoms. The zero-order chi connectivity index (χ0) is 17.9. The molecule has 2 aromatic carbocycles. The van der Waals surface area contributed by atoms with Gasteiger partial charge in [-0.25, -0.2) is 17.9 Å². The van der Waals surface area contributed by atoms with Crippen LogP contribution in [0.2, 0.25) is 0 Å². The second-order valence-electron chi connectivity index (χ2n) is 4.77. The molecule has 0 spiro atoms. The average Bonchev–Trinajstić information content (AvgIpc) is 2.51. The predicted octanol–water partition coefficient (Wildman–Crippen LogP) is 2.22. The van der Waals surface area contributed by atoms with Crippen molar-refractivity contribution in [2.75, 3.05) is 5.43 Å². The second-order valence-corrected chi connectivity index (χ2v) is 6.33. The first-order valence-electron chi connectivity index (χ1n) is 6.56. The number of halogens is 1. The van der Waals surface area contributed by atoms with Crippen LogP contribution in [0.3, 0.4) is 0 Å². The van der Waals surface area contributed by atoms with Crippen molar-refractivity contribution in [2.24, 2.45) is 10.2 Å². The number of nitro groups is 1. The minimum absolute atomic E-state index is 0.0527. The zero-order valence-electron chi connectivity index (χ0n) is 12.4. The van der Waals surface area contributed by atoms with Crippen LogP contribution in [-0.4, -0.2) is 19.1 Å². The lowest BCUT2D eigenvalue weighted by Gasteiger charge is -2.06. The highest BCUT2D eigenvalue weighted by molar-refractivity contribution is 7.89. The number of nitrogens with one attached hydrogen (secondary N) is 1. The number of hydrazone groups is 1. The van der Waals surface area contributed by atoms with Gasteiger partial charge in [0.15, 0.2) is 0 Å². The standard InChI is InChI=1S/C14H13FN4O4S/c1-9(11-4-2-3-5-12(11)15)17-18-13-7-6-10(24(16,22)23)8-14(13)19(20)21/h2-8,18H,1H3,(H2,16,22,23). The van der Waals surface area contributed by atoms with E-state index in [-0.39, 0.29) is 17.0 Å². The van der Waals surface area contributed by atoms with Crippen LogP contribution in [0.5, 0.6) is 0 Å². The summed E-state index contributed by atoms with van der Waals surface area (Å²) in [4.78, 5) is 9.92. The van der Waals surface area contributed by atoms with E-state index in [9.17, 15) is 22.9 Å². The molecule has 0 unspecified atom stereocenters. The molecule has 0 aliphatic rings. The molecular weight excluding hydrogens is 339 g/mol. The number of benzene rings is 2. The largest absolute Gasteiger partial charge is 0.295 e. The first-order chi connectivity index (χ1) is 11.2. The number of anilines is 1. The Bertz CT molecular complexity index is 928. The number of hydrogen-bond acceptors (Lipinski definition) is 6. The molecule has 0 aliphatic carbocycles. The summed E-state index contributed by atoms with van der Waals surface area (Å²) in [6.07, 6.45) is 0. The normalized spacial score (nSPS) is 12.0. The third kappa shape index (κ3) is 3.91. The Morgan fingerprint density at radius 3 is 2.54 bits per heavy atom.